The summed E-state index contributed by atoms with van der Waals surface area (Å²) in [5, 5.41) is 0. The molecule has 0 radical (unpaired) electrons. The van der Waals surface area contributed by atoms with Crippen LogP contribution in [0, 0.1) is 5.82 Å². The average molecular weight is 325 g/mol. The molecule has 1 aliphatic rings. The lowest BCUT2D eigenvalue weighted by atomic mass is 10.0. The predicted molar refractivity (Wildman–Crippen MR) is 84.1 cm³/mol. The standard InChI is InChI=1S/C17H12FN3O3/c18-12-6-4-5-11(9-12)14-10-15(22)21-17(24)19(16(23)20(14)21)13-7-2-1-3-8-13/h1-9,14H,10H2. The Morgan fingerprint density at radius 2 is 1.67 bits per heavy atom. The summed E-state index contributed by atoms with van der Waals surface area (Å²) in [4.78, 5) is 37.5. The van der Waals surface area contributed by atoms with Crippen molar-refractivity contribution in [3.63, 3.8) is 0 Å². The van der Waals surface area contributed by atoms with Gasteiger partial charge in [0.25, 0.3) is 5.91 Å². The molecular formula is C17H12FN3O3. The molecule has 1 unspecified atom stereocenters. The summed E-state index contributed by atoms with van der Waals surface area (Å²) >= 11 is 0. The van der Waals surface area contributed by atoms with Gasteiger partial charge in [0.15, 0.2) is 0 Å². The monoisotopic (exact) mass is 325 g/mol. The minimum absolute atomic E-state index is 0.0520. The lowest BCUT2D eigenvalue weighted by Crippen LogP contribution is -2.30. The molecule has 0 aliphatic carbocycles. The molecular weight excluding hydrogens is 313 g/mol. The van der Waals surface area contributed by atoms with Crippen molar-refractivity contribution < 1.29 is 9.18 Å². The van der Waals surface area contributed by atoms with Crippen LogP contribution in [0.5, 0.6) is 0 Å². The fourth-order valence-electron chi connectivity index (χ4n) is 3.07. The molecule has 0 fully saturated rings. The first-order valence-electron chi connectivity index (χ1n) is 7.38. The molecule has 1 aliphatic heterocycles. The Balaban J connectivity index is 1.96. The van der Waals surface area contributed by atoms with Gasteiger partial charge in [0.2, 0.25) is 0 Å². The summed E-state index contributed by atoms with van der Waals surface area (Å²) in [7, 11) is 0. The lowest BCUT2D eigenvalue weighted by Gasteiger charge is -2.10. The highest BCUT2D eigenvalue weighted by Crippen LogP contribution is 2.26. The number of hydrogen-bond acceptors (Lipinski definition) is 3. The van der Waals surface area contributed by atoms with Crippen molar-refractivity contribution in [3.05, 3.63) is 86.9 Å². The molecule has 7 heteroatoms. The SMILES string of the molecule is O=C1CC(c2cccc(F)c2)n2c(=O)n(-c3ccccc3)c(=O)n21. The zero-order valence-electron chi connectivity index (χ0n) is 12.4. The highest BCUT2D eigenvalue weighted by molar-refractivity contribution is 5.80. The molecule has 1 atom stereocenters. The van der Waals surface area contributed by atoms with Crippen LogP contribution in [0.4, 0.5) is 4.39 Å². The van der Waals surface area contributed by atoms with Crippen molar-refractivity contribution >= 4 is 5.91 Å². The van der Waals surface area contributed by atoms with E-state index in [-0.39, 0.29) is 6.42 Å². The molecule has 0 saturated heterocycles. The van der Waals surface area contributed by atoms with E-state index in [2.05, 4.69) is 0 Å². The number of halogens is 1. The molecule has 6 nitrogen and oxygen atoms in total. The molecule has 2 heterocycles. The highest BCUT2D eigenvalue weighted by atomic mass is 19.1. The molecule has 0 amide bonds. The van der Waals surface area contributed by atoms with Crippen LogP contribution in [0.15, 0.2) is 64.2 Å². The van der Waals surface area contributed by atoms with E-state index in [1.807, 2.05) is 0 Å². The molecule has 0 N–H and O–H groups in total. The maximum absolute atomic E-state index is 13.5. The number of rotatable bonds is 2. The van der Waals surface area contributed by atoms with Gasteiger partial charge in [-0.15, -0.1) is 0 Å². The first kappa shape index (κ1) is 14.4. The number of carbonyl (C=O) groups excluding carboxylic acids is 1. The second-order valence-electron chi connectivity index (χ2n) is 5.56. The van der Waals surface area contributed by atoms with Crippen LogP contribution >= 0.6 is 0 Å². The van der Waals surface area contributed by atoms with E-state index in [0.29, 0.717) is 11.3 Å². The maximum Gasteiger partial charge on any atom is 0.359 e. The Morgan fingerprint density at radius 1 is 0.917 bits per heavy atom. The van der Waals surface area contributed by atoms with Crippen LogP contribution in [0.3, 0.4) is 0 Å². The third kappa shape index (κ3) is 1.98. The first-order chi connectivity index (χ1) is 11.6. The number of carbonyl (C=O) groups is 1. The van der Waals surface area contributed by atoms with Crippen LogP contribution in [0.2, 0.25) is 0 Å². The van der Waals surface area contributed by atoms with Crippen molar-refractivity contribution in [2.75, 3.05) is 0 Å². The van der Waals surface area contributed by atoms with E-state index >= 15 is 0 Å². The van der Waals surface area contributed by atoms with E-state index in [0.717, 1.165) is 13.9 Å². The van der Waals surface area contributed by atoms with Crippen molar-refractivity contribution in [1.29, 1.82) is 0 Å². The minimum atomic E-state index is -0.713. The number of para-hydroxylation sites is 1. The topological polar surface area (TPSA) is 66.0 Å². The molecule has 2 aromatic carbocycles. The summed E-state index contributed by atoms with van der Waals surface area (Å²) < 4.78 is 16.4. The van der Waals surface area contributed by atoms with Gasteiger partial charge in [-0.2, -0.15) is 4.68 Å². The van der Waals surface area contributed by atoms with Gasteiger partial charge in [0.1, 0.15) is 5.82 Å². The molecule has 0 saturated carbocycles. The Bertz CT molecular complexity index is 1060. The third-order valence-corrected chi connectivity index (χ3v) is 4.12. The fourth-order valence-corrected chi connectivity index (χ4v) is 3.07. The van der Waals surface area contributed by atoms with E-state index in [1.165, 1.54) is 18.2 Å². The molecule has 4 rings (SSSR count). The van der Waals surface area contributed by atoms with Crippen LogP contribution in [0.25, 0.3) is 5.69 Å². The average Bonchev–Trinajstić information content (AvgIpc) is 3.05. The van der Waals surface area contributed by atoms with Gasteiger partial charge in [-0.1, -0.05) is 30.3 Å². The third-order valence-electron chi connectivity index (χ3n) is 4.12. The quantitative estimate of drug-likeness (QED) is 0.718. The summed E-state index contributed by atoms with van der Waals surface area (Å²) in [6.07, 6.45) is -0.0520. The fraction of sp³-hybridized carbons (Fsp3) is 0.118. The second-order valence-corrected chi connectivity index (χ2v) is 5.56. The Hall–Kier alpha value is -3.22. The van der Waals surface area contributed by atoms with E-state index in [1.54, 1.807) is 36.4 Å². The minimum Gasteiger partial charge on any atom is -0.272 e. The van der Waals surface area contributed by atoms with Crippen LogP contribution in [0.1, 0.15) is 22.8 Å². The van der Waals surface area contributed by atoms with Gasteiger partial charge < -0.3 is 0 Å². The zero-order valence-corrected chi connectivity index (χ0v) is 12.4. The predicted octanol–water partition coefficient (Wildman–Crippen LogP) is 1.57. The Morgan fingerprint density at radius 3 is 2.38 bits per heavy atom. The largest absolute Gasteiger partial charge is 0.359 e. The zero-order chi connectivity index (χ0) is 16.8. The van der Waals surface area contributed by atoms with Gasteiger partial charge >= 0.3 is 11.4 Å². The summed E-state index contributed by atoms with van der Waals surface area (Å²) in [6.45, 7) is 0. The van der Waals surface area contributed by atoms with E-state index < -0.39 is 29.1 Å². The van der Waals surface area contributed by atoms with Gasteiger partial charge in [-0.25, -0.2) is 23.2 Å². The van der Waals surface area contributed by atoms with Gasteiger partial charge in [0.05, 0.1) is 18.2 Å². The van der Waals surface area contributed by atoms with Crippen LogP contribution in [-0.4, -0.2) is 19.8 Å². The highest BCUT2D eigenvalue weighted by Gasteiger charge is 2.36. The molecule has 0 bridgehead atoms. The van der Waals surface area contributed by atoms with Crippen LogP contribution in [-0.2, 0) is 0 Å². The summed E-state index contributed by atoms with van der Waals surface area (Å²) in [5.74, 6) is -0.947. The number of aromatic nitrogens is 3. The molecule has 24 heavy (non-hydrogen) atoms. The van der Waals surface area contributed by atoms with Gasteiger partial charge in [-0.3, -0.25) is 4.79 Å². The smallest absolute Gasteiger partial charge is 0.272 e. The first-order valence-corrected chi connectivity index (χ1v) is 7.38. The summed E-state index contributed by atoms with van der Waals surface area (Å²) in [5.41, 5.74) is -0.476. The summed E-state index contributed by atoms with van der Waals surface area (Å²) in [6, 6.07) is 13.4. The molecule has 0 spiro atoms. The van der Waals surface area contributed by atoms with Gasteiger partial charge in [0, 0.05) is 0 Å². The molecule has 3 aromatic rings. The van der Waals surface area contributed by atoms with Crippen LogP contribution < -0.4 is 11.4 Å². The van der Waals surface area contributed by atoms with Crippen molar-refractivity contribution in [1.82, 2.24) is 13.9 Å². The van der Waals surface area contributed by atoms with Gasteiger partial charge in [-0.05, 0) is 29.8 Å². The van der Waals surface area contributed by atoms with Crippen molar-refractivity contribution in [3.8, 4) is 5.69 Å². The molecule has 1 aromatic heterocycles. The number of benzene rings is 2. The second kappa shape index (κ2) is 5.16. The number of hydrogen-bond donors (Lipinski definition) is 0. The van der Waals surface area contributed by atoms with E-state index in [4.69, 9.17) is 0 Å². The van der Waals surface area contributed by atoms with Crippen molar-refractivity contribution in [2.45, 2.75) is 12.5 Å². The Kier molecular flexibility index (Phi) is 3.09. The lowest BCUT2D eigenvalue weighted by molar-refractivity contribution is 0.0910. The van der Waals surface area contributed by atoms with Crippen molar-refractivity contribution in [2.24, 2.45) is 0 Å². The number of fused-ring (bicyclic) bond motifs is 1. The normalized spacial score (nSPS) is 16.4. The Labute approximate surface area is 135 Å². The van der Waals surface area contributed by atoms with E-state index in [9.17, 15) is 18.8 Å². The molecule has 120 valence electrons. The maximum atomic E-state index is 13.5. The number of nitrogens with zero attached hydrogens (tertiary/aromatic N) is 3.